The summed E-state index contributed by atoms with van der Waals surface area (Å²) in [5, 5.41) is 0. The molecule has 0 N–H and O–H groups in total. The summed E-state index contributed by atoms with van der Waals surface area (Å²) in [4.78, 5) is 29.2. The van der Waals surface area contributed by atoms with Crippen molar-refractivity contribution in [2.45, 2.75) is 85.2 Å². The van der Waals surface area contributed by atoms with Gasteiger partial charge in [0, 0.05) is 31.2 Å². The fraction of sp³-hybridized carbons (Fsp3) is 0.667. The molecule has 1 aromatic rings. The van der Waals surface area contributed by atoms with Gasteiger partial charge in [-0.25, -0.2) is 4.79 Å². The minimum absolute atomic E-state index is 0.0284. The van der Waals surface area contributed by atoms with Crippen molar-refractivity contribution in [3.63, 3.8) is 0 Å². The van der Waals surface area contributed by atoms with Gasteiger partial charge < -0.3 is 23.8 Å². The smallest absolute Gasteiger partial charge is 0.444 e. The summed E-state index contributed by atoms with van der Waals surface area (Å²) in [6, 6.07) is 5.62. The fourth-order valence-corrected chi connectivity index (χ4v) is 3.96. The van der Waals surface area contributed by atoms with Gasteiger partial charge in [0.2, 0.25) is 0 Å². The second-order valence-electron chi connectivity index (χ2n) is 10.9. The van der Waals surface area contributed by atoms with E-state index in [9.17, 15) is 9.59 Å². The molecule has 1 unspecified atom stereocenters. The van der Waals surface area contributed by atoms with Crippen LogP contribution in [0.4, 0.5) is 4.79 Å². The second-order valence-corrected chi connectivity index (χ2v) is 10.9. The topological polar surface area (TPSA) is 68.3 Å². The highest BCUT2D eigenvalue weighted by molar-refractivity contribution is 6.62. The summed E-state index contributed by atoms with van der Waals surface area (Å²) in [5.41, 5.74) is 1.07. The first-order valence-corrected chi connectivity index (χ1v) is 11.4. The van der Waals surface area contributed by atoms with Crippen LogP contribution < -0.4 is 5.46 Å². The Morgan fingerprint density at radius 3 is 2.19 bits per heavy atom. The van der Waals surface area contributed by atoms with Crippen molar-refractivity contribution in [2.75, 3.05) is 19.6 Å². The first-order chi connectivity index (χ1) is 14.6. The molecule has 2 amide bonds. The van der Waals surface area contributed by atoms with Crippen molar-refractivity contribution in [2.24, 2.45) is 0 Å². The number of hydrogen-bond donors (Lipinski definition) is 0. The lowest BCUT2D eigenvalue weighted by atomic mass is 9.77. The molecule has 0 spiro atoms. The van der Waals surface area contributed by atoms with Crippen molar-refractivity contribution < 1.29 is 23.6 Å². The predicted molar refractivity (Wildman–Crippen MR) is 125 cm³/mol. The minimum atomic E-state index is -0.538. The molecule has 2 aliphatic heterocycles. The van der Waals surface area contributed by atoms with Gasteiger partial charge in [0.15, 0.2) is 0 Å². The van der Waals surface area contributed by atoms with E-state index in [-0.39, 0.29) is 18.0 Å². The molecule has 2 saturated heterocycles. The molecule has 2 aliphatic rings. The maximum atomic E-state index is 13.3. The summed E-state index contributed by atoms with van der Waals surface area (Å²) < 4.78 is 17.8. The predicted octanol–water partition coefficient (Wildman–Crippen LogP) is 3.38. The average molecular weight is 444 g/mol. The molecular formula is C24H37BN2O5. The Balaban J connectivity index is 1.69. The molecule has 2 fully saturated rings. The van der Waals surface area contributed by atoms with E-state index in [1.807, 2.05) is 85.4 Å². The van der Waals surface area contributed by atoms with E-state index in [0.29, 0.717) is 25.2 Å². The van der Waals surface area contributed by atoms with Crippen LogP contribution in [0.25, 0.3) is 0 Å². The molecule has 176 valence electrons. The molecule has 1 atom stereocenters. The van der Waals surface area contributed by atoms with Gasteiger partial charge in [0.05, 0.1) is 11.2 Å². The molecule has 2 heterocycles. The molecule has 7 nitrogen and oxygen atoms in total. The number of piperazine rings is 1. The van der Waals surface area contributed by atoms with Gasteiger partial charge in [-0.15, -0.1) is 0 Å². The maximum absolute atomic E-state index is 13.3. The van der Waals surface area contributed by atoms with E-state index < -0.39 is 23.9 Å². The molecule has 32 heavy (non-hydrogen) atoms. The Morgan fingerprint density at radius 2 is 1.69 bits per heavy atom. The number of ether oxygens (including phenoxy) is 1. The Morgan fingerprint density at radius 1 is 1.09 bits per heavy atom. The van der Waals surface area contributed by atoms with Gasteiger partial charge in [-0.2, -0.15) is 0 Å². The van der Waals surface area contributed by atoms with Crippen molar-refractivity contribution in [3.05, 3.63) is 29.3 Å². The maximum Gasteiger partial charge on any atom is 0.494 e. The first kappa shape index (κ1) is 24.6. The van der Waals surface area contributed by atoms with Crippen molar-refractivity contribution in [1.29, 1.82) is 0 Å². The Hall–Kier alpha value is -2.06. The highest BCUT2D eigenvalue weighted by Gasteiger charge is 2.51. The number of carbonyl (C=O) groups is 2. The highest BCUT2D eigenvalue weighted by Crippen LogP contribution is 2.36. The van der Waals surface area contributed by atoms with Crippen LogP contribution in [0.3, 0.4) is 0 Å². The second kappa shape index (κ2) is 8.38. The number of amides is 2. The van der Waals surface area contributed by atoms with Crippen molar-refractivity contribution >= 4 is 24.6 Å². The average Bonchev–Trinajstić information content (AvgIpc) is 2.87. The molecule has 8 heteroatoms. The molecule has 0 aliphatic carbocycles. The summed E-state index contributed by atoms with van der Waals surface area (Å²) in [7, 11) is -0.459. The van der Waals surface area contributed by atoms with Gasteiger partial charge in [-0.1, -0.05) is 12.1 Å². The third kappa shape index (κ3) is 4.96. The Labute approximate surface area is 192 Å². The van der Waals surface area contributed by atoms with E-state index >= 15 is 0 Å². The highest BCUT2D eigenvalue weighted by atomic mass is 16.7. The Bertz CT molecular complexity index is 877. The SMILES string of the molecule is Cc1cc(B2OC(C)(C)C(C)(C)O2)ccc1C(=O)N1CCN(C(=O)OC(C)(C)C)CC1C. The summed E-state index contributed by atoms with van der Waals surface area (Å²) in [6.07, 6.45) is -0.334. The van der Waals surface area contributed by atoms with Crippen LogP contribution in [0.5, 0.6) is 0 Å². The number of rotatable bonds is 2. The van der Waals surface area contributed by atoms with E-state index in [1.54, 1.807) is 4.90 Å². The summed E-state index contributed by atoms with van der Waals surface area (Å²) in [5.74, 6) is -0.0284. The molecule has 0 aromatic heterocycles. The molecule has 0 bridgehead atoms. The van der Waals surface area contributed by atoms with E-state index in [0.717, 1.165) is 11.0 Å². The first-order valence-electron chi connectivity index (χ1n) is 11.4. The number of aryl methyl sites for hydroxylation is 1. The van der Waals surface area contributed by atoms with Crippen LogP contribution in [0, 0.1) is 6.92 Å². The third-order valence-electron chi connectivity index (χ3n) is 6.55. The van der Waals surface area contributed by atoms with Crippen LogP contribution in [0.2, 0.25) is 0 Å². The number of nitrogens with zero attached hydrogens (tertiary/aromatic N) is 2. The van der Waals surface area contributed by atoms with Crippen LogP contribution in [0.15, 0.2) is 18.2 Å². The number of benzene rings is 1. The normalized spacial score (nSPS) is 22.8. The number of hydrogen-bond acceptors (Lipinski definition) is 5. The van der Waals surface area contributed by atoms with E-state index in [1.165, 1.54) is 0 Å². The van der Waals surface area contributed by atoms with Gasteiger partial charge in [-0.05, 0) is 79.4 Å². The number of carbonyl (C=O) groups excluding carboxylic acids is 2. The van der Waals surface area contributed by atoms with Crippen molar-refractivity contribution in [3.8, 4) is 0 Å². The van der Waals surface area contributed by atoms with Gasteiger partial charge in [0.1, 0.15) is 5.60 Å². The van der Waals surface area contributed by atoms with Crippen LogP contribution in [-0.2, 0) is 14.0 Å². The van der Waals surface area contributed by atoms with E-state index in [2.05, 4.69) is 0 Å². The molecule has 0 radical (unpaired) electrons. The monoisotopic (exact) mass is 444 g/mol. The zero-order chi connectivity index (χ0) is 24.1. The van der Waals surface area contributed by atoms with Crippen LogP contribution in [-0.4, -0.2) is 71.4 Å². The fourth-order valence-electron chi connectivity index (χ4n) is 3.96. The summed E-state index contributed by atoms with van der Waals surface area (Å²) in [6.45, 7) is 18.9. The lowest BCUT2D eigenvalue weighted by Gasteiger charge is -2.40. The zero-order valence-corrected chi connectivity index (χ0v) is 20.9. The zero-order valence-electron chi connectivity index (χ0n) is 20.9. The van der Waals surface area contributed by atoms with E-state index in [4.69, 9.17) is 14.0 Å². The lowest BCUT2D eigenvalue weighted by Crippen LogP contribution is -2.56. The van der Waals surface area contributed by atoms with Gasteiger partial charge >= 0.3 is 13.2 Å². The molecule has 3 rings (SSSR count). The van der Waals surface area contributed by atoms with Crippen LogP contribution in [0.1, 0.15) is 71.3 Å². The van der Waals surface area contributed by atoms with Gasteiger partial charge in [0.25, 0.3) is 5.91 Å². The van der Waals surface area contributed by atoms with Crippen molar-refractivity contribution in [1.82, 2.24) is 9.80 Å². The third-order valence-corrected chi connectivity index (χ3v) is 6.55. The van der Waals surface area contributed by atoms with Crippen LogP contribution >= 0.6 is 0 Å². The molecule has 1 aromatic carbocycles. The minimum Gasteiger partial charge on any atom is -0.444 e. The van der Waals surface area contributed by atoms with Gasteiger partial charge in [-0.3, -0.25) is 4.79 Å². The molecule has 0 saturated carbocycles. The molecular weight excluding hydrogens is 407 g/mol. The standard InChI is InChI=1S/C24H37BN2O5/c1-16-14-18(25-31-23(6,7)24(8,9)32-25)10-11-19(16)20(28)27-13-12-26(15-17(27)2)21(29)30-22(3,4)5/h10-11,14,17H,12-13,15H2,1-9H3. The largest absolute Gasteiger partial charge is 0.494 e. The Kier molecular flexibility index (Phi) is 6.44. The quantitative estimate of drug-likeness (QED) is 0.655. The lowest BCUT2D eigenvalue weighted by molar-refractivity contribution is 0.00578. The summed E-state index contributed by atoms with van der Waals surface area (Å²) >= 11 is 0.